The molecule has 0 unspecified atom stereocenters. The van der Waals surface area contributed by atoms with E-state index in [0.29, 0.717) is 12.8 Å². The first-order valence-electron chi connectivity index (χ1n) is 5.23. The summed E-state index contributed by atoms with van der Waals surface area (Å²) in [6.45, 7) is 1.37. The molecule has 0 aliphatic heterocycles. The number of carboxylic acid groups (broad SMARTS) is 1. The van der Waals surface area contributed by atoms with Crippen LogP contribution in [0.15, 0.2) is 0 Å². The highest BCUT2D eigenvalue weighted by Crippen LogP contribution is 2.29. The summed E-state index contributed by atoms with van der Waals surface area (Å²) in [6, 6.07) is -0.260. The van der Waals surface area contributed by atoms with Crippen molar-refractivity contribution >= 4 is 22.0 Å². The topological polar surface area (TPSA) is 101 Å². The molecule has 1 fully saturated rings. The molecule has 0 aromatic rings. The highest BCUT2D eigenvalue weighted by Gasteiger charge is 2.39. The molecule has 17 heavy (non-hydrogen) atoms. The van der Waals surface area contributed by atoms with E-state index in [0.717, 1.165) is 4.31 Å². The van der Waals surface area contributed by atoms with Gasteiger partial charge in [-0.1, -0.05) is 0 Å². The predicted octanol–water partition coefficient (Wildman–Crippen LogP) is -0.572. The van der Waals surface area contributed by atoms with E-state index in [1.807, 2.05) is 0 Å². The molecule has 0 aromatic carbocycles. The molecule has 8 heteroatoms. The lowest BCUT2D eigenvalue weighted by Crippen LogP contribution is -2.41. The molecule has 0 amide bonds. The van der Waals surface area contributed by atoms with E-state index in [1.54, 1.807) is 6.92 Å². The van der Waals surface area contributed by atoms with Crippen molar-refractivity contribution in [2.24, 2.45) is 0 Å². The summed E-state index contributed by atoms with van der Waals surface area (Å²) < 4.78 is 29.0. The van der Waals surface area contributed by atoms with Gasteiger partial charge in [0, 0.05) is 6.04 Å². The van der Waals surface area contributed by atoms with Gasteiger partial charge in [0.2, 0.25) is 10.0 Å². The molecule has 0 atom stereocenters. The molecule has 0 bridgehead atoms. The number of hydrogen-bond acceptors (Lipinski definition) is 5. The number of carbonyl (C=O) groups excluding carboxylic acids is 1. The summed E-state index contributed by atoms with van der Waals surface area (Å²) in [5.41, 5.74) is 0. The molecule has 0 spiro atoms. The summed E-state index contributed by atoms with van der Waals surface area (Å²) in [5, 5.41) is 8.52. The first-order chi connectivity index (χ1) is 7.86. The molecular formula is C9H15NO6S. The van der Waals surface area contributed by atoms with E-state index >= 15 is 0 Å². The Balaban J connectivity index is 2.72. The molecule has 0 heterocycles. The maximum Gasteiger partial charge on any atom is 0.321 e. The summed E-state index contributed by atoms with van der Waals surface area (Å²) >= 11 is 0. The van der Waals surface area contributed by atoms with Gasteiger partial charge in [0.25, 0.3) is 0 Å². The Morgan fingerprint density at radius 2 is 2.00 bits per heavy atom. The second-order valence-electron chi connectivity index (χ2n) is 3.73. The van der Waals surface area contributed by atoms with E-state index in [-0.39, 0.29) is 12.6 Å². The van der Waals surface area contributed by atoms with Crippen molar-refractivity contribution in [1.29, 1.82) is 0 Å². The maximum atomic E-state index is 11.7. The number of sulfonamides is 1. The first-order valence-corrected chi connectivity index (χ1v) is 6.84. The van der Waals surface area contributed by atoms with Gasteiger partial charge in [-0.05, 0) is 19.8 Å². The van der Waals surface area contributed by atoms with E-state index in [4.69, 9.17) is 5.11 Å². The van der Waals surface area contributed by atoms with E-state index in [9.17, 15) is 18.0 Å². The van der Waals surface area contributed by atoms with Crippen molar-refractivity contribution in [2.45, 2.75) is 25.8 Å². The van der Waals surface area contributed by atoms with Crippen LogP contribution in [0.4, 0.5) is 0 Å². The zero-order valence-electron chi connectivity index (χ0n) is 9.46. The van der Waals surface area contributed by atoms with Crippen molar-refractivity contribution in [1.82, 2.24) is 4.31 Å². The SMILES string of the molecule is CCOC(=O)CN(C1CC1)S(=O)(=O)CC(=O)O. The number of esters is 1. The van der Waals surface area contributed by atoms with Crippen molar-refractivity contribution in [2.75, 3.05) is 18.9 Å². The lowest BCUT2D eigenvalue weighted by molar-refractivity contribution is -0.143. The molecule has 1 aliphatic carbocycles. The van der Waals surface area contributed by atoms with Crippen LogP contribution < -0.4 is 0 Å². The fraction of sp³-hybridized carbons (Fsp3) is 0.778. The van der Waals surface area contributed by atoms with Crippen LogP contribution >= 0.6 is 0 Å². The van der Waals surface area contributed by atoms with Gasteiger partial charge in [-0.25, -0.2) is 8.42 Å². The molecule has 0 aromatic heterocycles. The Morgan fingerprint density at radius 3 is 2.41 bits per heavy atom. The normalized spacial score (nSPS) is 15.9. The number of aliphatic carboxylic acids is 1. The highest BCUT2D eigenvalue weighted by molar-refractivity contribution is 7.89. The number of carbonyl (C=O) groups is 2. The van der Waals surface area contributed by atoms with Gasteiger partial charge in [0.05, 0.1) is 6.61 Å². The smallest absolute Gasteiger partial charge is 0.321 e. The molecule has 7 nitrogen and oxygen atoms in total. The number of rotatable bonds is 7. The average molecular weight is 265 g/mol. The minimum Gasteiger partial charge on any atom is -0.480 e. The van der Waals surface area contributed by atoms with Gasteiger partial charge in [-0.3, -0.25) is 9.59 Å². The van der Waals surface area contributed by atoms with Crippen molar-refractivity contribution < 1.29 is 27.9 Å². The molecule has 0 saturated heterocycles. The third-order valence-corrected chi connectivity index (χ3v) is 3.96. The number of nitrogens with zero attached hydrogens (tertiary/aromatic N) is 1. The molecular weight excluding hydrogens is 250 g/mol. The quantitative estimate of drug-likeness (QED) is 0.618. The van der Waals surface area contributed by atoms with Gasteiger partial charge in [-0.15, -0.1) is 0 Å². The fourth-order valence-corrected chi connectivity index (χ4v) is 2.83. The second-order valence-corrected chi connectivity index (χ2v) is 5.65. The van der Waals surface area contributed by atoms with E-state index in [1.165, 1.54) is 0 Å². The summed E-state index contributed by atoms with van der Waals surface area (Å²) in [5.74, 6) is -3.09. The summed E-state index contributed by atoms with van der Waals surface area (Å²) in [4.78, 5) is 21.7. The van der Waals surface area contributed by atoms with Gasteiger partial charge in [0.1, 0.15) is 6.54 Å². The van der Waals surface area contributed by atoms with Crippen molar-refractivity contribution in [3.63, 3.8) is 0 Å². The minimum absolute atomic E-state index is 0.163. The lowest BCUT2D eigenvalue weighted by Gasteiger charge is -2.19. The van der Waals surface area contributed by atoms with E-state index in [2.05, 4.69) is 4.74 Å². The van der Waals surface area contributed by atoms with Crippen LogP contribution in [-0.2, 0) is 24.3 Å². The van der Waals surface area contributed by atoms with Crippen LogP contribution in [-0.4, -0.2) is 54.7 Å². The van der Waals surface area contributed by atoms with Gasteiger partial charge >= 0.3 is 11.9 Å². The predicted molar refractivity (Wildman–Crippen MR) is 57.8 cm³/mol. The molecule has 0 radical (unpaired) electrons. The van der Waals surface area contributed by atoms with Crippen molar-refractivity contribution in [3.05, 3.63) is 0 Å². The maximum absolute atomic E-state index is 11.7. The lowest BCUT2D eigenvalue weighted by atomic mass is 10.6. The monoisotopic (exact) mass is 265 g/mol. The van der Waals surface area contributed by atoms with Gasteiger partial charge in [-0.2, -0.15) is 4.31 Å². The van der Waals surface area contributed by atoms with Gasteiger partial charge in [0.15, 0.2) is 5.75 Å². The summed E-state index contributed by atoms with van der Waals surface area (Å²) in [6.07, 6.45) is 1.30. The molecule has 1 aliphatic rings. The summed E-state index contributed by atoms with van der Waals surface area (Å²) in [7, 11) is -3.94. The average Bonchev–Trinajstić information content (AvgIpc) is 2.95. The van der Waals surface area contributed by atoms with Crippen LogP contribution in [0.5, 0.6) is 0 Å². The van der Waals surface area contributed by atoms with Crippen LogP contribution in [0.2, 0.25) is 0 Å². The molecule has 1 rings (SSSR count). The van der Waals surface area contributed by atoms with Crippen LogP contribution in [0.3, 0.4) is 0 Å². The van der Waals surface area contributed by atoms with Crippen LogP contribution in [0.1, 0.15) is 19.8 Å². The minimum atomic E-state index is -3.94. The first kappa shape index (κ1) is 13.9. The largest absolute Gasteiger partial charge is 0.480 e. The number of ether oxygens (including phenoxy) is 1. The Hall–Kier alpha value is -1.15. The number of carboxylic acids is 1. The molecule has 98 valence electrons. The Kier molecular flexibility index (Phi) is 4.47. The van der Waals surface area contributed by atoms with Crippen molar-refractivity contribution in [3.8, 4) is 0 Å². The standard InChI is InChI=1S/C9H15NO6S/c1-2-16-9(13)5-10(7-3-4-7)17(14,15)6-8(11)12/h7H,2-6H2,1H3,(H,11,12). The Labute approximate surface area is 99.4 Å². The molecule has 1 saturated carbocycles. The fourth-order valence-electron chi connectivity index (χ4n) is 1.39. The highest BCUT2D eigenvalue weighted by atomic mass is 32.2. The Morgan fingerprint density at radius 1 is 1.41 bits per heavy atom. The molecule has 1 N–H and O–H groups in total. The van der Waals surface area contributed by atoms with E-state index < -0.39 is 34.3 Å². The zero-order valence-corrected chi connectivity index (χ0v) is 10.3. The third-order valence-electron chi connectivity index (χ3n) is 2.21. The van der Waals surface area contributed by atoms with Crippen LogP contribution in [0.25, 0.3) is 0 Å². The number of hydrogen-bond donors (Lipinski definition) is 1. The second kappa shape index (κ2) is 5.46. The zero-order chi connectivity index (χ0) is 13.1. The van der Waals surface area contributed by atoms with Gasteiger partial charge < -0.3 is 9.84 Å². The van der Waals surface area contributed by atoms with Crippen LogP contribution in [0, 0.1) is 0 Å². The third kappa shape index (κ3) is 4.31. The Bertz CT molecular complexity index is 400.